The molecule has 3 nitrogen and oxygen atoms in total. The highest BCUT2D eigenvalue weighted by molar-refractivity contribution is 5.94. The fourth-order valence-corrected chi connectivity index (χ4v) is 3.22. The van der Waals surface area contributed by atoms with Gasteiger partial charge in [0, 0.05) is 18.8 Å². The smallest absolute Gasteiger partial charge is 0.268 e. The Morgan fingerprint density at radius 3 is 2.41 bits per heavy atom. The van der Waals surface area contributed by atoms with Crippen LogP contribution in [-0.2, 0) is 13.0 Å². The summed E-state index contributed by atoms with van der Waals surface area (Å²) in [4.78, 5) is 12.7. The van der Waals surface area contributed by atoms with E-state index in [2.05, 4.69) is 5.32 Å². The zero-order chi connectivity index (χ0) is 19.4. The number of amides is 1. The summed E-state index contributed by atoms with van der Waals surface area (Å²) in [5, 5.41) is 2.95. The molecule has 0 spiro atoms. The minimum atomic E-state index is -0.886. The van der Waals surface area contributed by atoms with Gasteiger partial charge in [-0.15, -0.1) is 0 Å². The van der Waals surface area contributed by atoms with Crippen LogP contribution in [-0.4, -0.2) is 17.0 Å². The molecule has 5 heteroatoms. The fraction of sp³-hybridized carbons (Fsp3) is 0.227. The first-order valence-electron chi connectivity index (χ1n) is 8.88. The number of halogens is 2. The predicted octanol–water partition coefficient (Wildman–Crippen LogP) is 4.40. The average Bonchev–Trinajstić information content (AvgIpc) is 2.92. The topological polar surface area (TPSA) is 34.0 Å². The number of rotatable bonds is 6. The monoisotopic (exact) mass is 368 g/mol. The normalized spacial score (nSPS) is 10.8. The molecule has 3 aromatic rings. The lowest BCUT2D eigenvalue weighted by molar-refractivity contribution is 0.0944. The second-order valence-electron chi connectivity index (χ2n) is 6.64. The van der Waals surface area contributed by atoms with Crippen molar-refractivity contribution in [2.75, 3.05) is 6.54 Å². The van der Waals surface area contributed by atoms with Gasteiger partial charge in [-0.25, -0.2) is 8.78 Å². The van der Waals surface area contributed by atoms with Gasteiger partial charge in [0.25, 0.3) is 5.91 Å². The number of aryl methyl sites for hydroxylation is 2. The van der Waals surface area contributed by atoms with E-state index in [4.69, 9.17) is 0 Å². The van der Waals surface area contributed by atoms with Gasteiger partial charge in [-0.1, -0.05) is 36.4 Å². The zero-order valence-electron chi connectivity index (χ0n) is 15.4. The molecule has 0 saturated heterocycles. The second-order valence-corrected chi connectivity index (χ2v) is 6.64. The van der Waals surface area contributed by atoms with Crippen LogP contribution in [0.1, 0.15) is 32.9 Å². The van der Waals surface area contributed by atoms with Crippen molar-refractivity contribution in [2.45, 2.75) is 26.8 Å². The lowest BCUT2D eigenvalue weighted by Crippen LogP contribution is -2.29. The van der Waals surface area contributed by atoms with Crippen LogP contribution in [0.4, 0.5) is 8.78 Å². The number of hydrogen-bond acceptors (Lipinski definition) is 1. The van der Waals surface area contributed by atoms with E-state index < -0.39 is 11.6 Å². The number of aromatic nitrogens is 1. The fourth-order valence-electron chi connectivity index (χ4n) is 3.22. The van der Waals surface area contributed by atoms with E-state index in [0.717, 1.165) is 29.3 Å². The van der Waals surface area contributed by atoms with Gasteiger partial charge in [-0.2, -0.15) is 0 Å². The SMILES string of the molecule is Cc1cc(C)n(Cc2ccc(F)c(F)c2)c1C(=O)NCCc1ccccc1. The molecule has 1 N–H and O–H groups in total. The van der Waals surface area contributed by atoms with E-state index in [1.165, 1.54) is 12.1 Å². The summed E-state index contributed by atoms with van der Waals surface area (Å²) in [7, 11) is 0. The molecule has 0 aliphatic rings. The molecular weight excluding hydrogens is 346 g/mol. The number of benzene rings is 2. The van der Waals surface area contributed by atoms with Crippen LogP contribution in [0.15, 0.2) is 54.6 Å². The Balaban J connectivity index is 1.74. The summed E-state index contributed by atoms with van der Waals surface area (Å²) in [5.41, 5.74) is 4.05. The van der Waals surface area contributed by atoms with Gasteiger partial charge in [0.05, 0.1) is 0 Å². The first kappa shape index (κ1) is 18.8. The van der Waals surface area contributed by atoms with Crippen LogP contribution in [0.5, 0.6) is 0 Å². The Bertz CT molecular complexity index is 948. The van der Waals surface area contributed by atoms with Crippen LogP contribution < -0.4 is 5.32 Å². The molecule has 0 aliphatic carbocycles. The summed E-state index contributed by atoms with van der Waals surface area (Å²) in [6.07, 6.45) is 0.745. The van der Waals surface area contributed by atoms with Gasteiger partial charge in [0.15, 0.2) is 11.6 Å². The van der Waals surface area contributed by atoms with E-state index in [1.54, 1.807) is 0 Å². The zero-order valence-corrected chi connectivity index (χ0v) is 15.4. The van der Waals surface area contributed by atoms with Crippen molar-refractivity contribution in [1.29, 1.82) is 0 Å². The molecule has 0 atom stereocenters. The largest absolute Gasteiger partial charge is 0.350 e. The summed E-state index contributed by atoms with van der Waals surface area (Å²) >= 11 is 0. The predicted molar refractivity (Wildman–Crippen MR) is 102 cm³/mol. The first-order chi connectivity index (χ1) is 13.0. The highest BCUT2D eigenvalue weighted by Crippen LogP contribution is 2.18. The third kappa shape index (κ3) is 4.42. The Kier molecular flexibility index (Phi) is 5.69. The molecule has 2 aromatic carbocycles. The number of hydrogen-bond donors (Lipinski definition) is 1. The van der Waals surface area contributed by atoms with Crippen molar-refractivity contribution in [2.24, 2.45) is 0 Å². The molecule has 1 amide bonds. The molecule has 140 valence electrons. The Morgan fingerprint density at radius 1 is 0.963 bits per heavy atom. The van der Waals surface area contributed by atoms with E-state index in [9.17, 15) is 13.6 Å². The maximum Gasteiger partial charge on any atom is 0.268 e. The van der Waals surface area contributed by atoms with Gasteiger partial charge < -0.3 is 9.88 Å². The lowest BCUT2D eigenvalue weighted by atomic mass is 10.1. The molecule has 3 rings (SSSR count). The number of carbonyl (C=O) groups excluding carboxylic acids is 1. The maximum absolute atomic E-state index is 13.5. The minimum absolute atomic E-state index is 0.167. The quantitative estimate of drug-likeness (QED) is 0.687. The molecule has 27 heavy (non-hydrogen) atoms. The van der Waals surface area contributed by atoms with E-state index in [0.29, 0.717) is 24.3 Å². The first-order valence-corrected chi connectivity index (χ1v) is 8.88. The molecule has 0 aliphatic heterocycles. The molecule has 0 radical (unpaired) electrons. The Hall–Kier alpha value is -2.95. The van der Waals surface area contributed by atoms with Gasteiger partial charge >= 0.3 is 0 Å². The van der Waals surface area contributed by atoms with Gasteiger partial charge in [0.1, 0.15) is 5.69 Å². The molecule has 0 bridgehead atoms. The molecule has 0 fully saturated rings. The van der Waals surface area contributed by atoms with Crippen molar-refractivity contribution in [3.63, 3.8) is 0 Å². The molecular formula is C22H22F2N2O. The van der Waals surface area contributed by atoms with E-state index in [-0.39, 0.29) is 5.91 Å². The third-order valence-electron chi connectivity index (χ3n) is 4.58. The lowest BCUT2D eigenvalue weighted by Gasteiger charge is -2.13. The van der Waals surface area contributed by atoms with Crippen molar-refractivity contribution in [3.8, 4) is 0 Å². The van der Waals surface area contributed by atoms with Crippen LogP contribution in [0.2, 0.25) is 0 Å². The molecule has 0 unspecified atom stereocenters. The summed E-state index contributed by atoms with van der Waals surface area (Å²) < 4.78 is 28.5. The summed E-state index contributed by atoms with van der Waals surface area (Å²) in [5.74, 6) is -1.93. The van der Waals surface area contributed by atoms with E-state index in [1.807, 2.05) is 54.8 Å². The highest BCUT2D eigenvalue weighted by Gasteiger charge is 2.17. The average molecular weight is 368 g/mol. The molecule has 0 saturated carbocycles. The van der Waals surface area contributed by atoms with Gasteiger partial charge in [-0.05, 0) is 55.2 Å². The number of nitrogens with one attached hydrogen (secondary N) is 1. The van der Waals surface area contributed by atoms with Crippen molar-refractivity contribution < 1.29 is 13.6 Å². The second kappa shape index (κ2) is 8.16. The summed E-state index contributed by atoms with van der Waals surface area (Å²) in [6, 6.07) is 15.7. The maximum atomic E-state index is 13.5. The van der Waals surface area contributed by atoms with Crippen molar-refractivity contribution in [3.05, 3.63) is 94.3 Å². The van der Waals surface area contributed by atoms with Gasteiger partial charge in [-0.3, -0.25) is 4.79 Å². The Labute approximate surface area is 157 Å². The van der Waals surface area contributed by atoms with E-state index >= 15 is 0 Å². The van der Waals surface area contributed by atoms with Crippen molar-refractivity contribution >= 4 is 5.91 Å². The molecule has 1 aromatic heterocycles. The minimum Gasteiger partial charge on any atom is -0.350 e. The molecule has 1 heterocycles. The highest BCUT2D eigenvalue weighted by atomic mass is 19.2. The van der Waals surface area contributed by atoms with Crippen molar-refractivity contribution in [1.82, 2.24) is 9.88 Å². The van der Waals surface area contributed by atoms with Crippen LogP contribution in [0, 0.1) is 25.5 Å². The Morgan fingerprint density at radius 2 is 1.70 bits per heavy atom. The third-order valence-corrected chi connectivity index (χ3v) is 4.58. The van der Waals surface area contributed by atoms with Crippen LogP contribution >= 0.6 is 0 Å². The number of carbonyl (C=O) groups is 1. The summed E-state index contributed by atoms with van der Waals surface area (Å²) in [6.45, 7) is 4.60. The standard InChI is InChI=1S/C22H22F2N2O/c1-15-12-16(2)26(14-18-8-9-19(23)20(24)13-18)21(15)22(27)25-11-10-17-6-4-3-5-7-17/h3-9,12-13H,10-11,14H2,1-2H3,(H,25,27). The van der Waals surface area contributed by atoms with Crippen LogP contribution in [0.3, 0.4) is 0 Å². The van der Waals surface area contributed by atoms with Crippen LogP contribution in [0.25, 0.3) is 0 Å². The number of nitrogens with zero attached hydrogens (tertiary/aromatic N) is 1. The van der Waals surface area contributed by atoms with Gasteiger partial charge in [0.2, 0.25) is 0 Å².